The van der Waals surface area contributed by atoms with E-state index in [1.54, 1.807) is 11.0 Å². The highest BCUT2D eigenvalue weighted by molar-refractivity contribution is 5.79. The van der Waals surface area contributed by atoms with Gasteiger partial charge < -0.3 is 14.7 Å². The standard InChI is InChI=1S/C20H27F3N4O2/c1-2-18(28)26-8-6-24(7-9-26)15-19(29)27-12-10-25(11-13-27)17-5-3-4-16(14-17)20(21,22)23/h3-5,14H,2,6-13,15H2,1H3. The third-order valence-electron chi connectivity index (χ3n) is 5.56. The molecule has 1 aromatic carbocycles. The molecule has 2 saturated heterocycles. The molecule has 0 atom stereocenters. The fraction of sp³-hybridized carbons (Fsp3) is 0.600. The normalized spacial score (nSPS) is 18.8. The van der Waals surface area contributed by atoms with Crippen LogP contribution < -0.4 is 4.90 Å². The number of rotatable bonds is 4. The monoisotopic (exact) mass is 412 g/mol. The van der Waals surface area contributed by atoms with Crippen LogP contribution in [0.4, 0.5) is 18.9 Å². The highest BCUT2D eigenvalue weighted by Crippen LogP contribution is 2.31. The highest BCUT2D eigenvalue weighted by atomic mass is 19.4. The zero-order valence-corrected chi connectivity index (χ0v) is 16.6. The number of hydrogen-bond donors (Lipinski definition) is 0. The van der Waals surface area contributed by atoms with Crippen molar-refractivity contribution in [1.82, 2.24) is 14.7 Å². The zero-order valence-electron chi connectivity index (χ0n) is 16.6. The van der Waals surface area contributed by atoms with Crippen LogP contribution in [0.15, 0.2) is 24.3 Å². The van der Waals surface area contributed by atoms with Crippen LogP contribution >= 0.6 is 0 Å². The molecule has 0 aliphatic carbocycles. The van der Waals surface area contributed by atoms with E-state index in [1.807, 2.05) is 16.7 Å². The molecule has 0 unspecified atom stereocenters. The maximum absolute atomic E-state index is 12.9. The second-order valence-corrected chi connectivity index (χ2v) is 7.43. The van der Waals surface area contributed by atoms with Crippen molar-refractivity contribution in [1.29, 1.82) is 0 Å². The Morgan fingerprint density at radius 3 is 2.07 bits per heavy atom. The lowest BCUT2D eigenvalue weighted by atomic mass is 10.1. The lowest BCUT2D eigenvalue weighted by molar-refractivity contribution is -0.137. The molecule has 2 amide bonds. The van der Waals surface area contributed by atoms with Gasteiger partial charge in [0, 0.05) is 64.5 Å². The van der Waals surface area contributed by atoms with Crippen molar-refractivity contribution in [3.8, 4) is 0 Å². The average molecular weight is 412 g/mol. The van der Waals surface area contributed by atoms with Crippen molar-refractivity contribution >= 4 is 17.5 Å². The molecule has 2 aliphatic rings. The summed E-state index contributed by atoms with van der Waals surface area (Å²) in [6.07, 6.45) is -3.87. The Morgan fingerprint density at radius 1 is 0.897 bits per heavy atom. The third kappa shape index (κ3) is 5.41. The molecule has 0 spiro atoms. The number of benzene rings is 1. The van der Waals surface area contributed by atoms with Crippen LogP contribution in [-0.4, -0.2) is 85.4 Å². The van der Waals surface area contributed by atoms with E-state index in [-0.39, 0.29) is 11.8 Å². The molecule has 2 fully saturated rings. The van der Waals surface area contributed by atoms with Gasteiger partial charge >= 0.3 is 6.18 Å². The lowest BCUT2D eigenvalue weighted by Crippen LogP contribution is -2.54. The molecule has 0 radical (unpaired) electrons. The van der Waals surface area contributed by atoms with Gasteiger partial charge in [0.25, 0.3) is 0 Å². The molecule has 0 saturated carbocycles. The molecular weight excluding hydrogens is 385 g/mol. The number of anilines is 1. The van der Waals surface area contributed by atoms with Crippen LogP contribution in [0.1, 0.15) is 18.9 Å². The minimum atomic E-state index is -4.36. The van der Waals surface area contributed by atoms with Gasteiger partial charge in [-0.05, 0) is 18.2 Å². The van der Waals surface area contributed by atoms with Crippen molar-refractivity contribution in [2.75, 3.05) is 63.8 Å². The second-order valence-electron chi connectivity index (χ2n) is 7.43. The number of hydrogen-bond acceptors (Lipinski definition) is 4. The number of amides is 2. The molecule has 6 nitrogen and oxygen atoms in total. The Labute approximate surface area is 168 Å². The molecule has 160 valence electrons. The minimum absolute atomic E-state index is 0.0314. The quantitative estimate of drug-likeness (QED) is 0.758. The van der Waals surface area contributed by atoms with Crippen LogP contribution in [0.25, 0.3) is 0 Å². The van der Waals surface area contributed by atoms with Crippen molar-refractivity contribution in [3.05, 3.63) is 29.8 Å². The largest absolute Gasteiger partial charge is 0.416 e. The number of carbonyl (C=O) groups excluding carboxylic acids is 2. The summed E-state index contributed by atoms with van der Waals surface area (Å²) in [5, 5.41) is 0. The number of piperazine rings is 2. The Kier molecular flexibility index (Phi) is 6.66. The van der Waals surface area contributed by atoms with Gasteiger partial charge in [0.1, 0.15) is 0 Å². The number of halogens is 3. The Morgan fingerprint density at radius 2 is 1.48 bits per heavy atom. The Hall–Kier alpha value is -2.29. The van der Waals surface area contributed by atoms with Crippen LogP contribution in [0.5, 0.6) is 0 Å². The molecule has 3 rings (SSSR count). The third-order valence-corrected chi connectivity index (χ3v) is 5.56. The molecule has 0 aromatic heterocycles. The number of alkyl halides is 3. The predicted octanol–water partition coefficient (Wildman–Crippen LogP) is 1.91. The van der Waals surface area contributed by atoms with Gasteiger partial charge in [-0.2, -0.15) is 13.2 Å². The summed E-state index contributed by atoms with van der Waals surface area (Å²) in [6.45, 7) is 6.80. The molecule has 0 bridgehead atoms. The van der Waals surface area contributed by atoms with Gasteiger partial charge in [0.2, 0.25) is 11.8 Å². The molecule has 29 heavy (non-hydrogen) atoms. The van der Waals surface area contributed by atoms with Gasteiger partial charge in [-0.15, -0.1) is 0 Å². The summed E-state index contributed by atoms with van der Waals surface area (Å²) in [5.41, 5.74) is -0.127. The van der Waals surface area contributed by atoms with Gasteiger partial charge in [0.15, 0.2) is 0 Å². The topological polar surface area (TPSA) is 47.1 Å². The van der Waals surface area contributed by atoms with E-state index in [0.29, 0.717) is 71.0 Å². The van der Waals surface area contributed by atoms with E-state index in [4.69, 9.17) is 0 Å². The number of carbonyl (C=O) groups is 2. The molecule has 1 aromatic rings. The van der Waals surface area contributed by atoms with Crippen LogP contribution in [0, 0.1) is 0 Å². The Balaban J connectivity index is 1.47. The van der Waals surface area contributed by atoms with Gasteiger partial charge in [0.05, 0.1) is 12.1 Å². The molecular formula is C20H27F3N4O2. The van der Waals surface area contributed by atoms with Gasteiger partial charge in [-0.25, -0.2) is 0 Å². The van der Waals surface area contributed by atoms with E-state index in [0.717, 1.165) is 12.1 Å². The average Bonchev–Trinajstić information content (AvgIpc) is 2.73. The van der Waals surface area contributed by atoms with Crippen molar-refractivity contribution in [3.63, 3.8) is 0 Å². The van der Waals surface area contributed by atoms with Crippen LogP contribution in [0.3, 0.4) is 0 Å². The zero-order chi connectivity index (χ0) is 21.0. The van der Waals surface area contributed by atoms with Gasteiger partial charge in [-0.3, -0.25) is 14.5 Å². The summed E-state index contributed by atoms with van der Waals surface area (Å²) in [6, 6.07) is 5.31. The van der Waals surface area contributed by atoms with E-state index in [9.17, 15) is 22.8 Å². The molecule has 0 N–H and O–H groups in total. The highest BCUT2D eigenvalue weighted by Gasteiger charge is 2.31. The van der Waals surface area contributed by atoms with Crippen molar-refractivity contribution in [2.45, 2.75) is 19.5 Å². The van der Waals surface area contributed by atoms with E-state index < -0.39 is 11.7 Å². The number of nitrogens with zero attached hydrogens (tertiary/aromatic N) is 4. The Bertz CT molecular complexity index is 725. The van der Waals surface area contributed by atoms with Crippen LogP contribution in [-0.2, 0) is 15.8 Å². The van der Waals surface area contributed by atoms with E-state index in [2.05, 4.69) is 4.90 Å². The molecule has 2 heterocycles. The second kappa shape index (κ2) is 9.02. The van der Waals surface area contributed by atoms with E-state index >= 15 is 0 Å². The molecule has 9 heteroatoms. The van der Waals surface area contributed by atoms with Crippen molar-refractivity contribution in [2.24, 2.45) is 0 Å². The SMILES string of the molecule is CCC(=O)N1CCN(CC(=O)N2CCN(c3cccc(C(F)(F)F)c3)CC2)CC1. The van der Waals surface area contributed by atoms with Crippen molar-refractivity contribution < 1.29 is 22.8 Å². The predicted molar refractivity (Wildman–Crippen MR) is 104 cm³/mol. The van der Waals surface area contributed by atoms with Gasteiger partial charge in [-0.1, -0.05) is 13.0 Å². The first-order valence-corrected chi connectivity index (χ1v) is 9.98. The summed E-state index contributed by atoms with van der Waals surface area (Å²) >= 11 is 0. The lowest BCUT2D eigenvalue weighted by Gasteiger charge is -2.38. The summed E-state index contributed by atoms with van der Waals surface area (Å²) in [5.74, 6) is 0.172. The minimum Gasteiger partial charge on any atom is -0.368 e. The molecule has 2 aliphatic heterocycles. The maximum atomic E-state index is 12.9. The first kappa shape index (κ1) is 21.4. The fourth-order valence-corrected chi connectivity index (χ4v) is 3.76. The summed E-state index contributed by atoms with van der Waals surface area (Å²) in [7, 11) is 0. The first-order chi connectivity index (χ1) is 13.8. The summed E-state index contributed by atoms with van der Waals surface area (Å²) < 4.78 is 38.7. The maximum Gasteiger partial charge on any atom is 0.416 e. The summed E-state index contributed by atoms with van der Waals surface area (Å²) in [4.78, 5) is 31.9. The first-order valence-electron chi connectivity index (χ1n) is 9.98. The smallest absolute Gasteiger partial charge is 0.368 e. The van der Waals surface area contributed by atoms with Crippen LogP contribution in [0.2, 0.25) is 0 Å². The van der Waals surface area contributed by atoms with E-state index in [1.165, 1.54) is 6.07 Å². The fourth-order valence-electron chi connectivity index (χ4n) is 3.76.